The van der Waals surface area contributed by atoms with E-state index >= 15 is 0 Å². The van der Waals surface area contributed by atoms with E-state index in [0.717, 1.165) is 10.8 Å². The smallest absolute Gasteiger partial charge is 0.137 e. The van der Waals surface area contributed by atoms with Crippen LogP contribution >= 0.6 is 11.6 Å². The average molecular weight is 180 g/mol. The second-order valence-corrected chi connectivity index (χ2v) is 2.79. The van der Waals surface area contributed by atoms with Gasteiger partial charge in [-0.15, -0.1) is 0 Å². The zero-order valence-corrected chi connectivity index (χ0v) is 6.92. The van der Waals surface area contributed by atoms with Crippen LogP contribution in [-0.2, 0) is 0 Å². The van der Waals surface area contributed by atoms with Crippen molar-refractivity contribution in [2.75, 3.05) is 5.73 Å². The molecule has 0 bridgehead atoms. The Balaban J connectivity index is 2.88. The first-order valence-electron chi connectivity index (χ1n) is 3.43. The quantitative estimate of drug-likeness (QED) is 0.628. The van der Waals surface area contributed by atoms with E-state index in [1.807, 2.05) is 6.07 Å². The van der Waals surface area contributed by atoms with E-state index < -0.39 is 0 Å². The van der Waals surface area contributed by atoms with Crippen LogP contribution in [0.2, 0.25) is 5.15 Å². The Morgan fingerprint density at radius 2 is 2.17 bits per heavy atom. The van der Waals surface area contributed by atoms with Crippen molar-refractivity contribution < 1.29 is 0 Å². The van der Waals surface area contributed by atoms with E-state index in [2.05, 4.69) is 9.97 Å². The summed E-state index contributed by atoms with van der Waals surface area (Å²) in [5.41, 5.74) is 5.50. The molecule has 12 heavy (non-hydrogen) atoms. The summed E-state index contributed by atoms with van der Waals surface area (Å²) in [6, 6.07) is 3.55. The molecule has 0 atom stereocenters. The lowest BCUT2D eigenvalue weighted by atomic mass is 10.2. The van der Waals surface area contributed by atoms with E-state index in [1.165, 1.54) is 0 Å². The molecule has 0 aromatic carbocycles. The van der Waals surface area contributed by atoms with Gasteiger partial charge in [-0.1, -0.05) is 11.6 Å². The predicted octanol–water partition coefficient (Wildman–Crippen LogP) is 1.87. The second-order valence-electron chi connectivity index (χ2n) is 2.43. The van der Waals surface area contributed by atoms with Crippen molar-refractivity contribution in [3.05, 3.63) is 29.7 Å². The van der Waals surface area contributed by atoms with Gasteiger partial charge in [-0.05, 0) is 12.1 Å². The lowest BCUT2D eigenvalue weighted by Crippen LogP contribution is -1.89. The number of pyridine rings is 2. The highest BCUT2D eigenvalue weighted by Crippen LogP contribution is 2.21. The first-order valence-corrected chi connectivity index (χ1v) is 3.81. The largest absolute Gasteiger partial charge is 0.384 e. The molecule has 2 aromatic rings. The molecule has 0 saturated carbocycles. The Morgan fingerprint density at radius 3 is 3.00 bits per heavy atom. The SMILES string of the molecule is Nc1cc2c(Cl)nccc2cn1. The van der Waals surface area contributed by atoms with Crippen molar-refractivity contribution in [3.63, 3.8) is 0 Å². The van der Waals surface area contributed by atoms with Crippen molar-refractivity contribution in [1.29, 1.82) is 0 Å². The molecule has 2 rings (SSSR count). The second kappa shape index (κ2) is 2.60. The molecule has 0 saturated heterocycles. The van der Waals surface area contributed by atoms with Gasteiger partial charge < -0.3 is 5.73 Å². The molecule has 0 unspecified atom stereocenters. The van der Waals surface area contributed by atoms with E-state index in [1.54, 1.807) is 18.5 Å². The molecule has 2 heterocycles. The number of halogens is 1. The number of fused-ring (bicyclic) bond motifs is 1. The summed E-state index contributed by atoms with van der Waals surface area (Å²) < 4.78 is 0. The fraction of sp³-hybridized carbons (Fsp3) is 0. The topological polar surface area (TPSA) is 51.8 Å². The highest BCUT2D eigenvalue weighted by molar-refractivity contribution is 6.34. The van der Waals surface area contributed by atoms with Gasteiger partial charge in [0.15, 0.2) is 0 Å². The number of nitrogens with zero attached hydrogens (tertiary/aromatic N) is 2. The van der Waals surface area contributed by atoms with Crippen LogP contribution in [0, 0.1) is 0 Å². The summed E-state index contributed by atoms with van der Waals surface area (Å²) in [6.45, 7) is 0. The maximum Gasteiger partial charge on any atom is 0.137 e. The summed E-state index contributed by atoms with van der Waals surface area (Å²) in [7, 11) is 0. The molecule has 0 amide bonds. The van der Waals surface area contributed by atoms with Crippen LogP contribution in [0.4, 0.5) is 5.82 Å². The van der Waals surface area contributed by atoms with Crippen LogP contribution < -0.4 is 5.73 Å². The first kappa shape index (κ1) is 7.31. The number of anilines is 1. The van der Waals surface area contributed by atoms with E-state index in [-0.39, 0.29) is 0 Å². The third kappa shape index (κ3) is 1.08. The van der Waals surface area contributed by atoms with Gasteiger partial charge in [0.2, 0.25) is 0 Å². The van der Waals surface area contributed by atoms with Crippen LogP contribution in [0.5, 0.6) is 0 Å². The third-order valence-electron chi connectivity index (χ3n) is 1.62. The van der Waals surface area contributed by atoms with E-state index in [0.29, 0.717) is 11.0 Å². The van der Waals surface area contributed by atoms with Gasteiger partial charge >= 0.3 is 0 Å². The standard InChI is InChI=1S/C8H6ClN3/c9-8-6-3-7(10)12-4-5(6)1-2-11-8/h1-4H,(H2,10,12). The minimum Gasteiger partial charge on any atom is -0.384 e. The Bertz CT molecular complexity index is 428. The molecule has 3 nitrogen and oxygen atoms in total. The van der Waals surface area contributed by atoms with Crippen LogP contribution in [0.25, 0.3) is 10.8 Å². The molecule has 0 aliphatic carbocycles. The number of nitrogen functional groups attached to an aromatic ring is 1. The van der Waals surface area contributed by atoms with E-state index in [9.17, 15) is 0 Å². The van der Waals surface area contributed by atoms with Gasteiger partial charge in [0.25, 0.3) is 0 Å². The minimum atomic E-state index is 0.456. The number of aromatic nitrogens is 2. The zero-order chi connectivity index (χ0) is 8.55. The predicted molar refractivity (Wildman–Crippen MR) is 49.0 cm³/mol. The molecule has 4 heteroatoms. The first-order chi connectivity index (χ1) is 5.77. The normalized spacial score (nSPS) is 10.4. The lowest BCUT2D eigenvalue weighted by molar-refractivity contribution is 1.33. The molecular weight excluding hydrogens is 174 g/mol. The lowest BCUT2D eigenvalue weighted by Gasteiger charge is -1.98. The molecule has 0 spiro atoms. The highest BCUT2D eigenvalue weighted by Gasteiger charge is 1.99. The van der Waals surface area contributed by atoms with Crippen LogP contribution in [-0.4, -0.2) is 9.97 Å². The van der Waals surface area contributed by atoms with Crippen molar-refractivity contribution in [1.82, 2.24) is 9.97 Å². The summed E-state index contributed by atoms with van der Waals surface area (Å²) in [5.74, 6) is 0.456. The van der Waals surface area contributed by atoms with Gasteiger partial charge in [0.05, 0.1) is 0 Å². The van der Waals surface area contributed by atoms with Crippen LogP contribution in [0.1, 0.15) is 0 Å². The van der Waals surface area contributed by atoms with Crippen molar-refractivity contribution >= 4 is 28.2 Å². The molecule has 2 N–H and O–H groups in total. The van der Waals surface area contributed by atoms with Crippen molar-refractivity contribution in [2.24, 2.45) is 0 Å². The van der Waals surface area contributed by atoms with Crippen molar-refractivity contribution in [2.45, 2.75) is 0 Å². The maximum atomic E-state index is 5.83. The third-order valence-corrected chi connectivity index (χ3v) is 1.92. The molecule has 0 aliphatic rings. The summed E-state index contributed by atoms with van der Waals surface area (Å²) >= 11 is 5.83. The van der Waals surface area contributed by atoms with Gasteiger partial charge in [-0.3, -0.25) is 0 Å². The number of hydrogen-bond donors (Lipinski definition) is 1. The van der Waals surface area contributed by atoms with Crippen LogP contribution in [0.3, 0.4) is 0 Å². The molecule has 60 valence electrons. The van der Waals surface area contributed by atoms with Gasteiger partial charge in [-0.2, -0.15) is 0 Å². The highest BCUT2D eigenvalue weighted by atomic mass is 35.5. The fourth-order valence-corrected chi connectivity index (χ4v) is 1.27. The maximum absolute atomic E-state index is 5.83. The zero-order valence-electron chi connectivity index (χ0n) is 6.16. The van der Waals surface area contributed by atoms with Gasteiger partial charge in [0, 0.05) is 23.2 Å². The van der Waals surface area contributed by atoms with E-state index in [4.69, 9.17) is 17.3 Å². The Hall–Kier alpha value is -1.35. The molecule has 0 radical (unpaired) electrons. The number of rotatable bonds is 0. The Kier molecular flexibility index (Phi) is 1.59. The monoisotopic (exact) mass is 179 g/mol. The summed E-state index contributed by atoms with van der Waals surface area (Å²) in [6.07, 6.45) is 3.32. The molecular formula is C8H6ClN3. The average Bonchev–Trinajstić information content (AvgIpc) is 2.07. The van der Waals surface area contributed by atoms with Crippen LogP contribution in [0.15, 0.2) is 24.5 Å². The fourth-order valence-electron chi connectivity index (χ4n) is 1.05. The molecule has 0 fully saturated rings. The number of nitrogens with two attached hydrogens (primary N) is 1. The number of hydrogen-bond acceptors (Lipinski definition) is 3. The minimum absolute atomic E-state index is 0.456. The molecule has 0 aliphatic heterocycles. The van der Waals surface area contributed by atoms with Gasteiger partial charge in [0.1, 0.15) is 11.0 Å². The summed E-state index contributed by atoms with van der Waals surface area (Å²) in [4.78, 5) is 7.87. The van der Waals surface area contributed by atoms with Gasteiger partial charge in [-0.25, -0.2) is 9.97 Å². The van der Waals surface area contributed by atoms with Crippen molar-refractivity contribution in [3.8, 4) is 0 Å². The Labute approximate surface area is 74.2 Å². The molecule has 2 aromatic heterocycles. The summed E-state index contributed by atoms with van der Waals surface area (Å²) in [5, 5.41) is 2.25. The Morgan fingerprint density at radius 1 is 1.33 bits per heavy atom.